The average Bonchev–Trinajstić information content (AvgIpc) is 1.88. The smallest absolute Gasteiger partial charge is 0.0915 e. The molecule has 0 atom stereocenters. The second-order valence-electron chi connectivity index (χ2n) is 2.76. The Kier molecular flexibility index (Phi) is 5.09. The number of allylic oxidation sites excluding steroid dienone is 2. The Morgan fingerprint density at radius 3 is 2.20 bits per heavy atom. The lowest BCUT2D eigenvalue weighted by molar-refractivity contribution is 0.206. The highest BCUT2D eigenvalue weighted by molar-refractivity contribution is 4.98. The maximum Gasteiger partial charge on any atom is 0.0915 e. The summed E-state index contributed by atoms with van der Waals surface area (Å²) in [6.07, 6.45) is 2.36. The molecule has 0 spiro atoms. The highest BCUT2D eigenvalue weighted by Crippen LogP contribution is 2.04. The Balaban J connectivity index is 3.40. The lowest BCUT2D eigenvalue weighted by Gasteiger charge is -2.06. The fourth-order valence-corrected chi connectivity index (χ4v) is 0.514. The van der Waals surface area contributed by atoms with Crippen LogP contribution in [0, 0.1) is 0 Å². The van der Waals surface area contributed by atoms with Crippen LogP contribution >= 0.6 is 0 Å². The molecule has 0 saturated carbocycles. The van der Waals surface area contributed by atoms with E-state index in [-0.39, 0.29) is 0 Å². The topological polar surface area (TPSA) is 9.23 Å². The van der Waals surface area contributed by atoms with Gasteiger partial charge >= 0.3 is 0 Å². The van der Waals surface area contributed by atoms with Crippen molar-refractivity contribution in [2.75, 3.05) is 6.61 Å². The Bertz CT molecular complexity index is 110. The van der Waals surface area contributed by atoms with Crippen LogP contribution in [0.4, 0.5) is 0 Å². The van der Waals surface area contributed by atoms with Gasteiger partial charge in [-0.1, -0.05) is 13.3 Å². The van der Waals surface area contributed by atoms with E-state index in [4.69, 9.17) is 4.74 Å². The molecule has 0 aliphatic rings. The van der Waals surface area contributed by atoms with Crippen LogP contribution < -0.4 is 0 Å². The largest absolute Gasteiger partial charge is 0.498 e. The molecule has 0 aliphatic carbocycles. The first-order valence-electron chi connectivity index (χ1n) is 3.95. The molecule has 0 N–H and O–H groups in total. The quantitative estimate of drug-likeness (QED) is 0.433. The Labute approximate surface area is 64.1 Å². The highest BCUT2D eigenvalue weighted by Gasteiger charge is 1.90. The summed E-state index contributed by atoms with van der Waals surface area (Å²) in [6.45, 7) is 9.20. The van der Waals surface area contributed by atoms with Crippen LogP contribution in [0.2, 0.25) is 0 Å². The fourth-order valence-electron chi connectivity index (χ4n) is 0.514. The van der Waals surface area contributed by atoms with Crippen LogP contribution in [0.15, 0.2) is 11.3 Å². The molecule has 1 heteroatoms. The Morgan fingerprint density at radius 2 is 1.80 bits per heavy atom. The van der Waals surface area contributed by atoms with Crippen LogP contribution in [0.3, 0.4) is 0 Å². The van der Waals surface area contributed by atoms with Gasteiger partial charge in [0, 0.05) is 0 Å². The molecule has 0 radical (unpaired) electrons. The summed E-state index contributed by atoms with van der Waals surface area (Å²) in [4.78, 5) is 0. The number of ether oxygens (including phenoxy) is 1. The molecule has 0 aromatic carbocycles. The van der Waals surface area contributed by atoms with E-state index in [0.717, 1.165) is 18.8 Å². The van der Waals surface area contributed by atoms with E-state index in [9.17, 15) is 0 Å². The first-order chi connectivity index (χ1) is 4.68. The highest BCUT2D eigenvalue weighted by atomic mass is 16.5. The summed E-state index contributed by atoms with van der Waals surface area (Å²) in [5.41, 5.74) is 1.27. The van der Waals surface area contributed by atoms with Crippen molar-refractivity contribution in [1.29, 1.82) is 0 Å². The molecule has 0 unspecified atom stereocenters. The number of unbranched alkanes of at least 4 members (excludes halogenated alkanes) is 1. The molecule has 1 nitrogen and oxygen atoms in total. The summed E-state index contributed by atoms with van der Waals surface area (Å²) in [5.74, 6) is 1.08. The SMILES string of the molecule is CCCCOC(C)=C(C)C. The van der Waals surface area contributed by atoms with Gasteiger partial charge in [-0.2, -0.15) is 0 Å². The standard InChI is InChI=1S/C9H18O/c1-5-6-7-10-9(4)8(2)3/h5-7H2,1-4H3. The van der Waals surface area contributed by atoms with Crippen LogP contribution in [0.25, 0.3) is 0 Å². The molecular formula is C9H18O. The average molecular weight is 142 g/mol. The van der Waals surface area contributed by atoms with E-state index in [1.807, 2.05) is 6.92 Å². The summed E-state index contributed by atoms with van der Waals surface area (Å²) in [7, 11) is 0. The molecule has 0 bridgehead atoms. The molecule has 0 amide bonds. The molecule has 60 valence electrons. The summed E-state index contributed by atoms with van der Waals surface area (Å²) < 4.78 is 5.42. The second-order valence-corrected chi connectivity index (χ2v) is 2.76. The third-order valence-electron chi connectivity index (χ3n) is 1.52. The molecule has 0 heterocycles. The molecular weight excluding hydrogens is 124 g/mol. The lowest BCUT2D eigenvalue weighted by atomic mass is 10.3. The zero-order chi connectivity index (χ0) is 7.98. The van der Waals surface area contributed by atoms with E-state index in [2.05, 4.69) is 20.8 Å². The van der Waals surface area contributed by atoms with Gasteiger partial charge in [0.25, 0.3) is 0 Å². The Hall–Kier alpha value is -0.460. The molecule has 0 rings (SSSR count). The normalized spacial score (nSPS) is 9.20. The third-order valence-corrected chi connectivity index (χ3v) is 1.52. The first kappa shape index (κ1) is 9.54. The van der Waals surface area contributed by atoms with E-state index in [1.165, 1.54) is 12.0 Å². The van der Waals surface area contributed by atoms with E-state index >= 15 is 0 Å². The minimum atomic E-state index is 0.869. The van der Waals surface area contributed by atoms with Crippen molar-refractivity contribution in [3.63, 3.8) is 0 Å². The maximum atomic E-state index is 5.42. The van der Waals surface area contributed by atoms with Crippen LogP contribution in [-0.2, 0) is 4.74 Å². The van der Waals surface area contributed by atoms with Crippen molar-refractivity contribution in [1.82, 2.24) is 0 Å². The predicted molar refractivity (Wildman–Crippen MR) is 44.9 cm³/mol. The molecule has 0 aromatic heterocycles. The van der Waals surface area contributed by atoms with Crippen molar-refractivity contribution >= 4 is 0 Å². The number of hydrogen-bond donors (Lipinski definition) is 0. The summed E-state index contributed by atoms with van der Waals surface area (Å²) in [6, 6.07) is 0. The molecule has 10 heavy (non-hydrogen) atoms. The van der Waals surface area contributed by atoms with Crippen molar-refractivity contribution in [3.8, 4) is 0 Å². The minimum Gasteiger partial charge on any atom is -0.498 e. The fraction of sp³-hybridized carbons (Fsp3) is 0.778. The third kappa shape index (κ3) is 4.42. The summed E-state index contributed by atoms with van der Waals surface area (Å²) in [5, 5.41) is 0. The van der Waals surface area contributed by atoms with E-state index in [1.54, 1.807) is 0 Å². The minimum absolute atomic E-state index is 0.869. The van der Waals surface area contributed by atoms with Gasteiger partial charge in [-0.05, 0) is 32.8 Å². The monoisotopic (exact) mass is 142 g/mol. The molecule has 0 aliphatic heterocycles. The van der Waals surface area contributed by atoms with Gasteiger partial charge in [0.1, 0.15) is 0 Å². The zero-order valence-electron chi connectivity index (χ0n) is 7.53. The number of hydrogen-bond acceptors (Lipinski definition) is 1. The van der Waals surface area contributed by atoms with Crippen molar-refractivity contribution in [2.24, 2.45) is 0 Å². The molecule has 0 fully saturated rings. The van der Waals surface area contributed by atoms with Crippen LogP contribution in [0.5, 0.6) is 0 Å². The molecule has 0 aromatic rings. The molecule has 0 saturated heterocycles. The Morgan fingerprint density at radius 1 is 1.20 bits per heavy atom. The van der Waals surface area contributed by atoms with Crippen molar-refractivity contribution in [3.05, 3.63) is 11.3 Å². The lowest BCUT2D eigenvalue weighted by Crippen LogP contribution is -1.92. The van der Waals surface area contributed by atoms with E-state index in [0.29, 0.717) is 0 Å². The van der Waals surface area contributed by atoms with Crippen LogP contribution in [0.1, 0.15) is 40.5 Å². The van der Waals surface area contributed by atoms with E-state index < -0.39 is 0 Å². The zero-order valence-corrected chi connectivity index (χ0v) is 7.53. The van der Waals surface area contributed by atoms with Gasteiger partial charge in [-0.3, -0.25) is 0 Å². The second kappa shape index (κ2) is 5.33. The summed E-state index contributed by atoms with van der Waals surface area (Å²) >= 11 is 0. The van der Waals surface area contributed by atoms with Crippen LogP contribution in [-0.4, -0.2) is 6.61 Å². The van der Waals surface area contributed by atoms with Crippen molar-refractivity contribution in [2.45, 2.75) is 40.5 Å². The van der Waals surface area contributed by atoms with Gasteiger partial charge < -0.3 is 4.74 Å². The van der Waals surface area contributed by atoms with Gasteiger partial charge in [-0.15, -0.1) is 0 Å². The van der Waals surface area contributed by atoms with Gasteiger partial charge in [0.15, 0.2) is 0 Å². The van der Waals surface area contributed by atoms with Crippen molar-refractivity contribution < 1.29 is 4.74 Å². The van der Waals surface area contributed by atoms with Gasteiger partial charge in [0.05, 0.1) is 12.4 Å². The number of rotatable bonds is 4. The predicted octanol–water partition coefficient (Wildman–Crippen LogP) is 3.12. The maximum absolute atomic E-state index is 5.42. The van der Waals surface area contributed by atoms with Gasteiger partial charge in [0.2, 0.25) is 0 Å². The van der Waals surface area contributed by atoms with Gasteiger partial charge in [-0.25, -0.2) is 0 Å². The first-order valence-corrected chi connectivity index (χ1v) is 3.95.